The SMILES string of the molecule is C/C=C/C[C@H](O)c1ccc(Cl)cc1. The molecule has 13 heavy (non-hydrogen) atoms. The van der Waals surface area contributed by atoms with Crippen LogP contribution in [0.2, 0.25) is 5.02 Å². The molecule has 1 aromatic carbocycles. The first kappa shape index (κ1) is 10.3. The van der Waals surface area contributed by atoms with Crippen LogP contribution in [0.5, 0.6) is 0 Å². The molecule has 0 saturated carbocycles. The molecule has 70 valence electrons. The Bertz CT molecular complexity index is 277. The molecule has 1 aromatic rings. The number of hydrogen-bond acceptors (Lipinski definition) is 1. The molecule has 1 nitrogen and oxygen atoms in total. The van der Waals surface area contributed by atoms with E-state index < -0.39 is 6.10 Å². The zero-order chi connectivity index (χ0) is 9.68. The fourth-order valence-corrected chi connectivity index (χ4v) is 1.21. The Kier molecular flexibility index (Phi) is 4.00. The van der Waals surface area contributed by atoms with Gasteiger partial charge < -0.3 is 5.11 Å². The van der Waals surface area contributed by atoms with Crippen molar-refractivity contribution < 1.29 is 5.11 Å². The molecule has 0 saturated heterocycles. The average Bonchev–Trinajstić information content (AvgIpc) is 2.15. The minimum atomic E-state index is -0.423. The maximum Gasteiger partial charge on any atom is 0.0824 e. The van der Waals surface area contributed by atoms with Crippen molar-refractivity contribution in [1.82, 2.24) is 0 Å². The summed E-state index contributed by atoms with van der Waals surface area (Å²) in [6.07, 6.45) is 4.10. The van der Waals surface area contributed by atoms with Gasteiger partial charge in [-0.2, -0.15) is 0 Å². The van der Waals surface area contributed by atoms with E-state index in [4.69, 9.17) is 11.6 Å². The van der Waals surface area contributed by atoms with E-state index >= 15 is 0 Å². The molecule has 1 N–H and O–H groups in total. The Hall–Kier alpha value is -0.790. The Morgan fingerprint density at radius 2 is 2.00 bits per heavy atom. The van der Waals surface area contributed by atoms with Crippen LogP contribution in [-0.4, -0.2) is 5.11 Å². The van der Waals surface area contributed by atoms with Gasteiger partial charge in [-0.15, -0.1) is 0 Å². The van der Waals surface area contributed by atoms with E-state index in [1.165, 1.54) is 0 Å². The van der Waals surface area contributed by atoms with E-state index in [1.54, 1.807) is 12.1 Å². The predicted octanol–water partition coefficient (Wildman–Crippen LogP) is 3.34. The molecule has 0 amide bonds. The summed E-state index contributed by atoms with van der Waals surface area (Å²) in [7, 11) is 0. The number of hydrogen-bond donors (Lipinski definition) is 1. The molecule has 1 atom stereocenters. The summed E-state index contributed by atoms with van der Waals surface area (Å²) in [5.41, 5.74) is 0.905. The summed E-state index contributed by atoms with van der Waals surface area (Å²) >= 11 is 5.73. The first-order chi connectivity index (χ1) is 6.24. The normalized spacial score (nSPS) is 13.5. The van der Waals surface area contributed by atoms with E-state index in [0.717, 1.165) is 5.56 Å². The van der Waals surface area contributed by atoms with Gasteiger partial charge in [0.05, 0.1) is 6.10 Å². The zero-order valence-electron chi connectivity index (χ0n) is 7.57. The highest BCUT2D eigenvalue weighted by molar-refractivity contribution is 6.30. The van der Waals surface area contributed by atoms with Gasteiger partial charge in [0.1, 0.15) is 0 Å². The van der Waals surface area contributed by atoms with Crippen molar-refractivity contribution >= 4 is 11.6 Å². The summed E-state index contributed by atoms with van der Waals surface area (Å²) in [5, 5.41) is 10.3. The number of aliphatic hydroxyl groups excluding tert-OH is 1. The van der Waals surface area contributed by atoms with Crippen LogP contribution >= 0.6 is 11.6 Å². The molecular formula is C11H13ClO. The predicted molar refractivity (Wildman–Crippen MR) is 55.8 cm³/mol. The molecule has 1 rings (SSSR count). The first-order valence-electron chi connectivity index (χ1n) is 4.28. The average molecular weight is 197 g/mol. The molecule has 0 unspecified atom stereocenters. The van der Waals surface area contributed by atoms with Crippen LogP contribution in [0.15, 0.2) is 36.4 Å². The standard InChI is InChI=1S/C11H13ClO/c1-2-3-4-11(13)9-5-7-10(12)8-6-9/h2-3,5-8,11,13H,4H2,1H3/b3-2+/t11-/m0/s1. The summed E-state index contributed by atoms with van der Waals surface area (Å²) in [4.78, 5) is 0. The van der Waals surface area contributed by atoms with Crippen molar-refractivity contribution in [3.05, 3.63) is 47.0 Å². The summed E-state index contributed by atoms with van der Waals surface area (Å²) < 4.78 is 0. The van der Waals surface area contributed by atoms with Crippen molar-refractivity contribution in [2.24, 2.45) is 0 Å². The topological polar surface area (TPSA) is 20.2 Å². The molecule has 0 heterocycles. The Morgan fingerprint density at radius 3 is 2.54 bits per heavy atom. The van der Waals surface area contributed by atoms with E-state index in [0.29, 0.717) is 11.4 Å². The van der Waals surface area contributed by atoms with Gasteiger partial charge in [-0.3, -0.25) is 0 Å². The second kappa shape index (κ2) is 5.05. The van der Waals surface area contributed by atoms with E-state index in [1.807, 2.05) is 31.2 Å². The Labute approximate surface area is 83.7 Å². The molecule has 0 radical (unpaired) electrons. The van der Waals surface area contributed by atoms with Gasteiger partial charge in [0.15, 0.2) is 0 Å². The number of benzene rings is 1. The lowest BCUT2D eigenvalue weighted by atomic mass is 10.1. The van der Waals surface area contributed by atoms with Crippen molar-refractivity contribution in [2.45, 2.75) is 19.4 Å². The van der Waals surface area contributed by atoms with Crippen LogP contribution in [0.4, 0.5) is 0 Å². The number of allylic oxidation sites excluding steroid dienone is 1. The van der Waals surface area contributed by atoms with E-state index in [9.17, 15) is 5.11 Å². The van der Waals surface area contributed by atoms with Crippen LogP contribution in [0.3, 0.4) is 0 Å². The lowest BCUT2D eigenvalue weighted by molar-refractivity contribution is 0.181. The van der Waals surface area contributed by atoms with Gasteiger partial charge in [0.2, 0.25) is 0 Å². The van der Waals surface area contributed by atoms with Gasteiger partial charge in [-0.05, 0) is 31.0 Å². The van der Waals surface area contributed by atoms with Crippen LogP contribution in [-0.2, 0) is 0 Å². The van der Waals surface area contributed by atoms with Gasteiger partial charge in [-0.25, -0.2) is 0 Å². The number of aliphatic hydroxyl groups is 1. The summed E-state index contributed by atoms with van der Waals surface area (Å²) in [6, 6.07) is 7.26. The number of rotatable bonds is 3. The smallest absolute Gasteiger partial charge is 0.0824 e. The third kappa shape index (κ3) is 3.21. The quantitative estimate of drug-likeness (QED) is 0.736. The van der Waals surface area contributed by atoms with E-state index in [-0.39, 0.29) is 0 Å². The third-order valence-electron chi connectivity index (χ3n) is 1.85. The molecule has 0 bridgehead atoms. The van der Waals surface area contributed by atoms with Crippen LogP contribution < -0.4 is 0 Å². The molecule has 0 aliphatic carbocycles. The van der Waals surface area contributed by atoms with Crippen LogP contribution in [0.25, 0.3) is 0 Å². The minimum absolute atomic E-state index is 0.423. The molecular weight excluding hydrogens is 184 g/mol. The van der Waals surface area contributed by atoms with Crippen molar-refractivity contribution in [3.63, 3.8) is 0 Å². The molecule has 0 aliphatic rings. The van der Waals surface area contributed by atoms with Crippen molar-refractivity contribution in [1.29, 1.82) is 0 Å². The molecule has 0 spiro atoms. The van der Waals surface area contributed by atoms with Gasteiger partial charge in [0, 0.05) is 5.02 Å². The van der Waals surface area contributed by atoms with E-state index in [2.05, 4.69) is 0 Å². The highest BCUT2D eigenvalue weighted by Gasteiger charge is 2.03. The minimum Gasteiger partial charge on any atom is -0.388 e. The molecule has 0 aromatic heterocycles. The second-order valence-corrected chi connectivity index (χ2v) is 3.31. The monoisotopic (exact) mass is 196 g/mol. The molecule has 2 heteroatoms. The molecule has 0 aliphatic heterocycles. The second-order valence-electron chi connectivity index (χ2n) is 2.87. The maximum absolute atomic E-state index is 9.65. The largest absolute Gasteiger partial charge is 0.388 e. The first-order valence-corrected chi connectivity index (χ1v) is 4.66. The number of halogens is 1. The van der Waals surface area contributed by atoms with Gasteiger partial charge >= 0.3 is 0 Å². The zero-order valence-corrected chi connectivity index (χ0v) is 8.33. The molecule has 0 fully saturated rings. The maximum atomic E-state index is 9.65. The highest BCUT2D eigenvalue weighted by Crippen LogP contribution is 2.19. The van der Waals surface area contributed by atoms with Gasteiger partial charge in [0.25, 0.3) is 0 Å². The lowest BCUT2D eigenvalue weighted by Crippen LogP contribution is -1.94. The van der Waals surface area contributed by atoms with Crippen molar-refractivity contribution in [2.75, 3.05) is 0 Å². The van der Waals surface area contributed by atoms with Crippen LogP contribution in [0, 0.1) is 0 Å². The summed E-state index contributed by atoms with van der Waals surface area (Å²) in [5.74, 6) is 0. The summed E-state index contributed by atoms with van der Waals surface area (Å²) in [6.45, 7) is 1.94. The Morgan fingerprint density at radius 1 is 1.38 bits per heavy atom. The van der Waals surface area contributed by atoms with Gasteiger partial charge in [-0.1, -0.05) is 35.9 Å². The third-order valence-corrected chi connectivity index (χ3v) is 2.10. The lowest BCUT2D eigenvalue weighted by Gasteiger charge is -2.07. The fraction of sp³-hybridized carbons (Fsp3) is 0.273. The fourth-order valence-electron chi connectivity index (χ4n) is 1.09. The Balaban J connectivity index is 2.66. The van der Waals surface area contributed by atoms with Crippen molar-refractivity contribution in [3.8, 4) is 0 Å². The highest BCUT2D eigenvalue weighted by atomic mass is 35.5. The van der Waals surface area contributed by atoms with Crippen LogP contribution in [0.1, 0.15) is 25.0 Å².